The first-order valence-electron chi connectivity index (χ1n) is 7.71. The Hall–Kier alpha value is -1.86. The Morgan fingerprint density at radius 2 is 1.76 bits per heavy atom. The fourth-order valence-electron chi connectivity index (χ4n) is 3.29. The van der Waals surface area contributed by atoms with E-state index in [-0.39, 0.29) is 0 Å². The highest BCUT2D eigenvalue weighted by molar-refractivity contribution is 5.28. The summed E-state index contributed by atoms with van der Waals surface area (Å²) in [5, 5.41) is 0. The second kappa shape index (κ2) is 6.28. The van der Waals surface area contributed by atoms with E-state index in [0.29, 0.717) is 11.8 Å². The lowest BCUT2D eigenvalue weighted by Crippen LogP contribution is -2.20. The fraction of sp³-hybridized carbons (Fsp3) is 0.300. The molecule has 1 nitrogen and oxygen atoms in total. The second-order valence-electron chi connectivity index (χ2n) is 6.10. The first kappa shape index (κ1) is 14.1. The molecule has 1 heteroatoms. The van der Waals surface area contributed by atoms with Gasteiger partial charge in [0.25, 0.3) is 0 Å². The third-order valence-electron chi connectivity index (χ3n) is 4.50. The molecule has 0 radical (unpaired) electrons. The Morgan fingerprint density at radius 1 is 1.05 bits per heavy atom. The minimum absolute atomic E-state index is 0.552. The van der Waals surface area contributed by atoms with Crippen LogP contribution in [0.4, 0.5) is 0 Å². The highest BCUT2D eigenvalue weighted by atomic mass is 15.1. The minimum atomic E-state index is 0.552. The average molecular weight is 277 g/mol. The zero-order valence-corrected chi connectivity index (χ0v) is 12.7. The molecule has 0 amide bonds. The van der Waals surface area contributed by atoms with E-state index >= 15 is 0 Å². The molecule has 2 aromatic carbocycles. The SMILES string of the molecule is C=CC1CN(Cc2ccccc2)C[C@H]1c1ccc(C)cc1. The van der Waals surface area contributed by atoms with Crippen LogP contribution in [0.5, 0.6) is 0 Å². The van der Waals surface area contributed by atoms with Crippen molar-refractivity contribution in [1.29, 1.82) is 0 Å². The van der Waals surface area contributed by atoms with Crippen molar-refractivity contribution in [1.82, 2.24) is 4.90 Å². The maximum atomic E-state index is 4.05. The van der Waals surface area contributed by atoms with Crippen molar-refractivity contribution in [3.05, 3.63) is 83.9 Å². The van der Waals surface area contributed by atoms with Crippen LogP contribution in [0, 0.1) is 12.8 Å². The third-order valence-corrected chi connectivity index (χ3v) is 4.50. The average Bonchev–Trinajstić information content (AvgIpc) is 2.92. The fourth-order valence-corrected chi connectivity index (χ4v) is 3.29. The van der Waals surface area contributed by atoms with E-state index in [4.69, 9.17) is 0 Å². The lowest BCUT2D eigenvalue weighted by molar-refractivity contribution is 0.322. The number of hydrogen-bond donors (Lipinski definition) is 0. The molecule has 0 bridgehead atoms. The van der Waals surface area contributed by atoms with Gasteiger partial charge < -0.3 is 0 Å². The van der Waals surface area contributed by atoms with Crippen molar-refractivity contribution < 1.29 is 0 Å². The molecule has 108 valence electrons. The van der Waals surface area contributed by atoms with Gasteiger partial charge in [-0.3, -0.25) is 4.90 Å². The largest absolute Gasteiger partial charge is 0.298 e. The molecule has 1 heterocycles. The van der Waals surface area contributed by atoms with Gasteiger partial charge in [-0.1, -0.05) is 66.2 Å². The zero-order chi connectivity index (χ0) is 14.7. The summed E-state index contributed by atoms with van der Waals surface area (Å²) in [7, 11) is 0. The predicted molar refractivity (Wildman–Crippen MR) is 89.3 cm³/mol. The van der Waals surface area contributed by atoms with Crippen LogP contribution in [0.15, 0.2) is 67.3 Å². The molecule has 1 unspecified atom stereocenters. The summed E-state index contributed by atoms with van der Waals surface area (Å²) in [5.74, 6) is 1.13. The number of rotatable bonds is 4. The van der Waals surface area contributed by atoms with Gasteiger partial charge in [0, 0.05) is 25.6 Å². The molecule has 0 aromatic heterocycles. The maximum Gasteiger partial charge on any atom is 0.0234 e. The summed E-state index contributed by atoms with van der Waals surface area (Å²) in [5.41, 5.74) is 4.17. The van der Waals surface area contributed by atoms with Crippen molar-refractivity contribution in [2.24, 2.45) is 5.92 Å². The van der Waals surface area contributed by atoms with Crippen molar-refractivity contribution >= 4 is 0 Å². The van der Waals surface area contributed by atoms with E-state index in [9.17, 15) is 0 Å². The quantitative estimate of drug-likeness (QED) is 0.749. The predicted octanol–water partition coefficient (Wildman–Crippen LogP) is 4.40. The van der Waals surface area contributed by atoms with E-state index in [1.807, 2.05) is 0 Å². The molecule has 1 fully saturated rings. The maximum absolute atomic E-state index is 4.05. The Morgan fingerprint density at radius 3 is 2.43 bits per heavy atom. The Labute approximate surface area is 127 Å². The van der Waals surface area contributed by atoms with Crippen LogP contribution in [-0.4, -0.2) is 18.0 Å². The van der Waals surface area contributed by atoms with E-state index < -0.39 is 0 Å². The van der Waals surface area contributed by atoms with Gasteiger partial charge in [-0.15, -0.1) is 6.58 Å². The van der Waals surface area contributed by atoms with Crippen LogP contribution in [0.3, 0.4) is 0 Å². The molecular formula is C20H23N. The van der Waals surface area contributed by atoms with Crippen LogP contribution in [0.1, 0.15) is 22.6 Å². The molecule has 0 spiro atoms. The van der Waals surface area contributed by atoms with Crippen LogP contribution in [0.25, 0.3) is 0 Å². The second-order valence-corrected chi connectivity index (χ2v) is 6.10. The normalized spacial score (nSPS) is 22.3. The molecule has 1 aliphatic rings. The van der Waals surface area contributed by atoms with Gasteiger partial charge in [0.15, 0.2) is 0 Å². The van der Waals surface area contributed by atoms with Crippen molar-refractivity contribution in [2.45, 2.75) is 19.4 Å². The topological polar surface area (TPSA) is 3.24 Å². The molecule has 21 heavy (non-hydrogen) atoms. The monoisotopic (exact) mass is 277 g/mol. The van der Waals surface area contributed by atoms with Gasteiger partial charge in [-0.25, -0.2) is 0 Å². The summed E-state index contributed by atoms with van der Waals surface area (Å²) in [6.07, 6.45) is 2.13. The molecule has 0 saturated carbocycles. The highest BCUT2D eigenvalue weighted by Crippen LogP contribution is 2.34. The lowest BCUT2D eigenvalue weighted by atomic mass is 9.89. The highest BCUT2D eigenvalue weighted by Gasteiger charge is 2.31. The smallest absolute Gasteiger partial charge is 0.0234 e. The van der Waals surface area contributed by atoms with Crippen LogP contribution < -0.4 is 0 Å². The van der Waals surface area contributed by atoms with Gasteiger partial charge in [-0.05, 0) is 24.0 Å². The summed E-state index contributed by atoms with van der Waals surface area (Å²) in [4.78, 5) is 2.55. The van der Waals surface area contributed by atoms with Crippen LogP contribution >= 0.6 is 0 Å². The third kappa shape index (κ3) is 3.25. The van der Waals surface area contributed by atoms with Crippen LogP contribution in [-0.2, 0) is 6.54 Å². The number of likely N-dealkylation sites (tertiary alicyclic amines) is 1. The van der Waals surface area contributed by atoms with Crippen LogP contribution in [0.2, 0.25) is 0 Å². The summed E-state index contributed by atoms with van der Waals surface area (Å²) < 4.78 is 0. The van der Waals surface area contributed by atoms with Crippen molar-refractivity contribution in [3.8, 4) is 0 Å². The number of nitrogens with zero attached hydrogens (tertiary/aromatic N) is 1. The molecule has 1 saturated heterocycles. The standard InChI is InChI=1S/C20H23N/c1-3-18-14-21(13-17-7-5-4-6-8-17)15-20(18)19-11-9-16(2)10-12-19/h3-12,18,20H,1,13-15H2,2H3/t18?,20-/m1/s1. The summed E-state index contributed by atoms with van der Waals surface area (Å²) >= 11 is 0. The molecule has 1 aliphatic heterocycles. The molecule has 0 N–H and O–H groups in total. The molecule has 3 rings (SSSR count). The van der Waals surface area contributed by atoms with Crippen molar-refractivity contribution in [2.75, 3.05) is 13.1 Å². The van der Waals surface area contributed by atoms with Gasteiger partial charge in [-0.2, -0.15) is 0 Å². The molecular weight excluding hydrogens is 254 g/mol. The summed E-state index contributed by atoms with van der Waals surface area (Å²) in [6, 6.07) is 19.7. The summed E-state index contributed by atoms with van der Waals surface area (Å²) in [6.45, 7) is 9.46. The Kier molecular flexibility index (Phi) is 4.21. The number of benzene rings is 2. The lowest BCUT2D eigenvalue weighted by Gasteiger charge is -2.16. The van der Waals surface area contributed by atoms with E-state index in [0.717, 1.165) is 19.6 Å². The number of aryl methyl sites for hydroxylation is 1. The Balaban J connectivity index is 1.74. The first-order valence-corrected chi connectivity index (χ1v) is 7.71. The number of hydrogen-bond acceptors (Lipinski definition) is 1. The van der Waals surface area contributed by atoms with Crippen molar-refractivity contribution in [3.63, 3.8) is 0 Å². The van der Waals surface area contributed by atoms with E-state index in [2.05, 4.69) is 79.1 Å². The zero-order valence-electron chi connectivity index (χ0n) is 12.7. The van der Waals surface area contributed by atoms with Gasteiger partial charge >= 0.3 is 0 Å². The Bertz CT molecular complexity index is 585. The molecule has 2 atom stereocenters. The molecule has 2 aromatic rings. The molecule has 0 aliphatic carbocycles. The van der Waals surface area contributed by atoms with Gasteiger partial charge in [0.05, 0.1) is 0 Å². The van der Waals surface area contributed by atoms with Gasteiger partial charge in [0.1, 0.15) is 0 Å². The van der Waals surface area contributed by atoms with Gasteiger partial charge in [0.2, 0.25) is 0 Å². The van der Waals surface area contributed by atoms with E-state index in [1.54, 1.807) is 0 Å². The first-order chi connectivity index (χ1) is 10.3. The minimum Gasteiger partial charge on any atom is -0.298 e. The van der Waals surface area contributed by atoms with E-state index in [1.165, 1.54) is 16.7 Å².